The number of sulfonamides is 1. The lowest BCUT2D eigenvalue weighted by atomic mass is 9.80. The number of benzene rings is 1. The highest BCUT2D eigenvalue weighted by atomic mass is 35.5. The predicted molar refractivity (Wildman–Crippen MR) is 126 cm³/mol. The average Bonchev–Trinajstić information content (AvgIpc) is 3.65. The summed E-state index contributed by atoms with van der Waals surface area (Å²) in [6, 6.07) is 3.66. The number of carbonyl (C=O) groups is 1. The van der Waals surface area contributed by atoms with Crippen LogP contribution in [-0.4, -0.2) is 49.4 Å². The van der Waals surface area contributed by atoms with E-state index in [1.165, 1.54) is 0 Å². The van der Waals surface area contributed by atoms with E-state index in [2.05, 4.69) is 4.40 Å². The minimum atomic E-state index is -3.56. The number of hydrogen-bond acceptors (Lipinski definition) is 5. The first-order valence-electron chi connectivity index (χ1n) is 11.7. The molecule has 2 bridgehead atoms. The van der Waals surface area contributed by atoms with Gasteiger partial charge in [0.25, 0.3) is 15.9 Å². The molecule has 1 amide bonds. The second kappa shape index (κ2) is 8.95. The van der Waals surface area contributed by atoms with Crippen LogP contribution >= 0.6 is 11.6 Å². The Labute approximate surface area is 199 Å². The molecule has 0 radical (unpaired) electrons. The van der Waals surface area contributed by atoms with E-state index in [-0.39, 0.29) is 18.6 Å². The fourth-order valence-corrected chi connectivity index (χ4v) is 6.60. The Kier molecular flexibility index (Phi) is 6.16. The van der Waals surface area contributed by atoms with Gasteiger partial charge in [0.15, 0.2) is 6.61 Å². The number of carbonyl (C=O) groups excluding carboxylic acids is 1. The number of halogens is 1. The van der Waals surface area contributed by atoms with Gasteiger partial charge in [0.2, 0.25) is 0 Å². The highest BCUT2D eigenvalue weighted by Gasteiger charge is 2.38. The molecule has 3 fully saturated rings. The summed E-state index contributed by atoms with van der Waals surface area (Å²) in [7, 11) is -3.56. The van der Waals surface area contributed by atoms with Crippen molar-refractivity contribution in [3.63, 3.8) is 0 Å². The van der Waals surface area contributed by atoms with Crippen LogP contribution in [0.3, 0.4) is 0 Å². The molecule has 5 aliphatic rings. The first kappa shape index (κ1) is 22.7. The number of hydrogen-bond donors (Lipinski definition) is 0. The zero-order valence-corrected chi connectivity index (χ0v) is 20.3. The first-order chi connectivity index (χ1) is 15.8. The molecule has 7 nitrogen and oxygen atoms in total. The van der Waals surface area contributed by atoms with Crippen molar-refractivity contribution in [2.75, 3.05) is 13.2 Å². The largest absolute Gasteiger partial charge is 0.496 e. The van der Waals surface area contributed by atoms with Crippen molar-refractivity contribution >= 4 is 33.2 Å². The Morgan fingerprint density at radius 2 is 1.88 bits per heavy atom. The number of nitrogens with zero attached hydrogens (tertiary/aromatic N) is 2. The Bertz CT molecular complexity index is 1120. The van der Waals surface area contributed by atoms with Crippen LogP contribution in [0.4, 0.5) is 0 Å². The maximum Gasteiger partial charge on any atom is 0.265 e. The van der Waals surface area contributed by atoms with Gasteiger partial charge in [0.1, 0.15) is 17.7 Å². The van der Waals surface area contributed by atoms with Gasteiger partial charge >= 0.3 is 0 Å². The highest BCUT2D eigenvalue weighted by Crippen LogP contribution is 2.42. The van der Waals surface area contributed by atoms with E-state index in [1.807, 2.05) is 19.1 Å². The molecule has 1 aromatic rings. The van der Waals surface area contributed by atoms with Gasteiger partial charge in [-0.15, -0.1) is 0 Å². The second-order valence-electron chi connectivity index (χ2n) is 9.39. The van der Waals surface area contributed by atoms with Crippen molar-refractivity contribution < 1.29 is 22.7 Å². The van der Waals surface area contributed by atoms with E-state index in [0.717, 1.165) is 36.8 Å². The molecular formula is C24H29ClN2O5S. The van der Waals surface area contributed by atoms with Crippen molar-refractivity contribution in [3.8, 4) is 5.75 Å². The molecule has 0 unspecified atom stereocenters. The number of allylic oxidation sites excluding steroid dienone is 1. The van der Waals surface area contributed by atoms with E-state index in [1.54, 1.807) is 11.2 Å². The molecule has 9 heteroatoms. The molecule has 178 valence electrons. The topological polar surface area (TPSA) is 85.3 Å². The molecule has 0 spiro atoms. The molecule has 0 N–H and O–H groups in total. The lowest BCUT2D eigenvalue weighted by molar-refractivity contribution is -0.131. The van der Waals surface area contributed by atoms with E-state index < -0.39 is 15.3 Å². The van der Waals surface area contributed by atoms with Gasteiger partial charge in [-0.1, -0.05) is 11.6 Å². The van der Waals surface area contributed by atoms with Crippen molar-refractivity contribution in [1.29, 1.82) is 0 Å². The van der Waals surface area contributed by atoms with E-state index in [4.69, 9.17) is 21.1 Å². The monoisotopic (exact) mass is 492 g/mol. The minimum absolute atomic E-state index is 0.0125. The average molecular weight is 493 g/mol. The summed E-state index contributed by atoms with van der Waals surface area (Å²) in [6.45, 7) is 2.32. The van der Waals surface area contributed by atoms with Crippen LogP contribution in [0.1, 0.15) is 68.4 Å². The number of fused-ring (bicyclic) bond motifs is 5. The van der Waals surface area contributed by atoms with Crippen LogP contribution in [0.15, 0.2) is 28.5 Å². The first-order valence-corrected chi connectivity index (χ1v) is 13.6. The van der Waals surface area contributed by atoms with Gasteiger partial charge in [-0.05, 0) is 81.9 Å². The van der Waals surface area contributed by atoms with Crippen LogP contribution in [0.2, 0.25) is 5.02 Å². The van der Waals surface area contributed by atoms with Gasteiger partial charge in [0, 0.05) is 17.1 Å². The van der Waals surface area contributed by atoms with Crippen molar-refractivity contribution in [1.82, 2.24) is 4.90 Å². The molecule has 1 aromatic carbocycles. The quantitative estimate of drug-likeness (QED) is 0.607. The maximum absolute atomic E-state index is 13.2. The second-order valence-corrected chi connectivity index (χ2v) is 11.7. The molecule has 6 rings (SSSR count). The van der Waals surface area contributed by atoms with Gasteiger partial charge in [-0.2, -0.15) is 4.40 Å². The molecule has 3 aliphatic heterocycles. The molecule has 0 atom stereocenters. The predicted octanol–water partition coefficient (Wildman–Crippen LogP) is 4.48. The van der Waals surface area contributed by atoms with Crippen molar-refractivity contribution in [2.45, 2.75) is 75.6 Å². The number of piperidine rings is 1. The summed E-state index contributed by atoms with van der Waals surface area (Å²) in [5, 5.41) is 0.307. The highest BCUT2D eigenvalue weighted by molar-refractivity contribution is 7.91. The van der Waals surface area contributed by atoms with Gasteiger partial charge < -0.3 is 14.4 Å². The van der Waals surface area contributed by atoms with Crippen LogP contribution in [0, 0.1) is 6.92 Å². The Morgan fingerprint density at radius 3 is 2.61 bits per heavy atom. The molecule has 1 saturated heterocycles. The Morgan fingerprint density at radius 1 is 1.12 bits per heavy atom. The zero-order valence-electron chi connectivity index (χ0n) is 18.8. The molecule has 2 saturated carbocycles. The standard InChI is InChI=1S/C24H29ClN2O5S/c1-15-19(25)10-11-22-24(15)16-4-6-17(7-5-16)31-13-21-20(26-33(29,30)18-8-9-18)3-2-12-27(21)23(28)14-32-22/h10-11,13,16-18H,2-9,12,14H2,1H3/b21-13-,26-20+. The zero-order chi connectivity index (χ0) is 23.2. The third-order valence-corrected chi connectivity index (χ3v) is 9.28. The molecular weight excluding hydrogens is 464 g/mol. The summed E-state index contributed by atoms with van der Waals surface area (Å²) in [5.41, 5.74) is 2.94. The smallest absolute Gasteiger partial charge is 0.265 e. The van der Waals surface area contributed by atoms with Gasteiger partial charge in [-0.3, -0.25) is 4.79 Å². The van der Waals surface area contributed by atoms with Crippen LogP contribution < -0.4 is 4.74 Å². The van der Waals surface area contributed by atoms with E-state index in [0.29, 0.717) is 60.3 Å². The van der Waals surface area contributed by atoms with Crippen LogP contribution in [0.5, 0.6) is 5.75 Å². The maximum atomic E-state index is 13.2. The van der Waals surface area contributed by atoms with Crippen LogP contribution in [0.25, 0.3) is 0 Å². The van der Waals surface area contributed by atoms with Crippen LogP contribution in [-0.2, 0) is 19.6 Å². The number of amides is 1. The normalized spacial score (nSPS) is 28.9. The third-order valence-electron chi connectivity index (χ3n) is 7.08. The molecule has 3 heterocycles. The van der Waals surface area contributed by atoms with E-state index >= 15 is 0 Å². The minimum Gasteiger partial charge on any atom is -0.496 e. The molecule has 0 aromatic heterocycles. The van der Waals surface area contributed by atoms with Crippen molar-refractivity contribution in [2.24, 2.45) is 4.40 Å². The third kappa shape index (κ3) is 4.64. The summed E-state index contributed by atoms with van der Waals surface area (Å²) >= 11 is 6.42. The number of ether oxygens (including phenoxy) is 2. The summed E-state index contributed by atoms with van der Waals surface area (Å²) in [4.78, 5) is 14.8. The fourth-order valence-electron chi connectivity index (χ4n) is 5.06. The fraction of sp³-hybridized carbons (Fsp3) is 0.583. The Hall–Kier alpha value is -2.06. The van der Waals surface area contributed by atoms with Crippen molar-refractivity contribution in [3.05, 3.63) is 40.2 Å². The SMILES string of the molecule is Cc1c(Cl)ccc2c1C1CCC(CC1)O/C=C1/C(=N/S(=O)(=O)C3CC3)CCCN1C(=O)CO2. The lowest BCUT2D eigenvalue weighted by Crippen LogP contribution is -2.41. The summed E-state index contributed by atoms with van der Waals surface area (Å²) < 4.78 is 41.5. The Balaban J connectivity index is 1.51. The number of rotatable bonds is 2. The van der Waals surface area contributed by atoms with Gasteiger partial charge in [0.05, 0.1) is 17.1 Å². The lowest BCUT2D eigenvalue weighted by Gasteiger charge is -2.31. The van der Waals surface area contributed by atoms with Gasteiger partial charge in [-0.25, -0.2) is 8.42 Å². The summed E-state index contributed by atoms with van der Waals surface area (Å²) in [6.07, 6.45) is 7.60. The molecule has 2 aliphatic carbocycles. The van der Waals surface area contributed by atoms with E-state index in [9.17, 15) is 13.2 Å². The molecule has 33 heavy (non-hydrogen) atoms. The summed E-state index contributed by atoms with van der Waals surface area (Å²) in [5.74, 6) is 0.748.